The Bertz CT molecular complexity index is 792. The van der Waals surface area contributed by atoms with Gasteiger partial charge in [0.2, 0.25) is 5.91 Å². The lowest BCUT2D eigenvalue weighted by molar-refractivity contribution is -0.124. The van der Waals surface area contributed by atoms with Gasteiger partial charge in [0.15, 0.2) is 6.61 Å². The Kier molecular flexibility index (Phi) is 6.54. The van der Waals surface area contributed by atoms with Crippen LogP contribution in [0.25, 0.3) is 0 Å². The first kappa shape index (κ1) is 18.5. The highest BCUT2D eigenvalue weighted by atomic mass is 35.5. The number of benzene rings is 2. The fourth-order valence-electron chi connectivity index (χ4n) is 2.03. The molecule has 0 saturated heterocycles. The van der Waals surface area contributed by atoms with E-state index in [4.69, 9.17) is 16.3 Å². The molecule has 0 aliphatic heterocycles. The summed E-state index contributed by atoms with van der Waals surface area (Å²) in [5.41, 5.74) is 1.49. The first-order chi connectivity index (χ1) is 12.0. The van der Waals surface area contributed by atoms with Gasteiger partial charge in [-0.25, -0.2) is 4.79 Å². The van der Waals surface area contributed by atoms with Crippen molar-refractivity contribution in [2.45, 2.75) is 13.5 Å². The summed E-state index contributed by atoms with van der Waals surface area (Å²) in [6.07, 6.45) is 0. The summed E-state index contributed by atoms with van der Waals surface area (Å²) in [6.45, 7) is 1.20. The Hall–Kier alpha value is -2.86. The van der Waals surface area contributed by atoms with Gasteiger partial charge < -0.3 is 15.4 Å². The molecule has 0 fully saturated rings. The second kappa shape index (κ2) is 8.84. The van der Waals surface area contributed by atoms with Crippen molar-refractivity contribution in [3.8, 4) is 0 Å². The molecular weight excluding hydrogens is 344 g/mol. The molecule has 0 radical (unpaired) electrons. The highest BCUT2D eigenvalue weighted by Crippen LogP contribution is 2.14. The molecule has 2 rings (SSSR count). The lowest BCUT2D eigenvalue weighted by Crippen LogP contribution is -2.28. The number of nitrogens with one attached hydrogen (secondary N) is 2. The molecule has 0 aliphatic rings. The Balaban J connectivity index is 1.84. The fourth-order valence-corrected chi connectivity index (χ4v) is 2.23. The van der Waals surface area contributed by atoms with Crippen LogP contribution in [-0.4, -0.2) is 24.4 Å². The Morgan fingerprint density at radius 1 is 1.08 bits per heavy atom. The van der Waals surface area contributed by atoms with Gasteiger partial charge in [-0.3, -0.25) is 9.59 Å². The van der Waals surface area contributed by atoms with Crippen molar-refractivity contribution < 1.29 is 19.1 Å². The van der Waals surface area contributed by atoms with Crippen molar-refractivity contribution in [3.05, 3.63) is 64.7 Å². The van der Waals surface area contributed by atoms with Crippen molar-refractivity contribution in [2.24, 2.45) is 0 Å². The Morgan fingerprint density at radius 3 is 2.56 bits per heavy atom. The molecule has 2 aromatic carbocycles. The van der Waals surface area contributed by atoms with Crippen LogP contribution >= 0.6 is 11.6 Å². The molecule has 0 aromatic heterocycles. The van der Waals surface area contributed by atoms with Gasteiger partial charge in [0.05, 0.1) is 5.56 Å². The molecule has 0 saturated carbocycles. The number of hydrogen-bond donors (Lipinski definition) is 2. The van der Waals surface area contributed by atoms with Crippen LogP contribution in [0.2, 0.25) is 5.02 Å². The summed E-state index contributed by atoms with van der Waals surface area (Å²) in [4.78, 5) is 34.8. The summed E-state index contributed by atoms with van der Waals surface area (Å²) in [6, 6.07) is 13.4. The molecule has 0 unspecified atom stereocenters. The number of carbonyl (C=O) groups excluding carboxylic acids is 3. The van der Waals surface area contributed by atoms with Gasteiger partial charge >= 0.3 is 5.97 Å². The lowest BCUT2D eigenvalue weighted by Gasteiger charge is -2.08. The number of halogens is 1. The number of hydrogen-bond acceptors (Lipinski definition) is 4. The van der Waals surface area contributed by atoms with Gasteiger partial charge in [0, 0.05) is 24.2 Å². The van der Waals surface area contributed by atoms with Gasteiger partial charge in [0.1, 0.15) is 0 Å². The van der Waals surface area contributed by atoms with Gasteiger partial charge in [-0.15, -0.1) is 0 Å². The third-order valence-corrected chi connectivity index (χ3v) is 3.56. The van der Waals surface area contributed by atoms with Crippen LogP contribution < -0.4 is 10.6 Å². The zero-order chi connectivity index (χ0) is 18.2. The number of carbonyl (C=O) groups is 3. The van der Waals surface area contributed by atoms with Crippen LogP contribution in [0.1, 0.15) is 22.8 Å². The molecule has 7 heteroatoms. The van der Waals surface area contributed by atoms with Crippen LogP contribution in [0.5, 0.6) is 0 Å². The van der Waals surface area contributed by atoms with Gasteiger partial charge in [-0.05, 0) is 29.8 Å². The van der Waals surface area contributed by atoms with E-state index < -0.39 is 18.5 Å². The molecule has 0 heterocycles. The normalized spacial score (nSPS) is 10.0. The molecule has 6 nitrogen and oxygen atoms in total. The smallest absolute Gasteiger partial charge is 0.338 e. The van der Waals surface area contributed by atoms with E-state index in [2.05, 4.69) is 10.6 Å². The van der Waals surface area contributed by atoms with E-state index in [0.717, 1.165) is 5.56 Å². The van der Waals surface area contributed by atoms with Crippen molar-refractivity contribution in [1.82, 2.24) is 5.32 Å². The third-order valence-electron chi connectivity index (χ3n) is 3.19. The number of ether oxygens (including phenoxy) is 1. The number of esters is 1. The van der Waals surface area contributed by atoms with Gasteiger partial charge in [-0.2, -0.15) is 0 Å². The van der Waals surface area contributed by atoms with Crippen molar-refractivity contribution in [1.29, 1.82) is 0 Å². The molecule has 0 bridgehead atoms. The summed E-state index contributed by atoms with van der Waals surface area (Å²) in [5, 5.41) is 5.75. The number of amides is 2. The van der Waals surface area contributed by atoms with Crippen LogP contribution in [0.3, 0.4) is 0 Å². The van der Waals surface area contributed by atoms with Crippen LogP contribution in [0.4, 0.5) is 5.69 Å². The number of rotatable bonds is 6. The average Bonchev–Trinajstić information content (AvgIpc) is 2.58. The summed E-state index contributed by atoms with van der Waals surface area (Å²) < 4.78 is 4.97. The topological polar surface area (TPSA) is 84.5 Å². The average molecular weight is 361 g/mol. The van der Waals surface area contributed by atoms with E-state index in [9.17, 15) is 14.4 Å². The molecule has 0 aliphatic carbocycles. The predicted molar refractivity (Wildman–Crippen MR) is 94.3 cm³/mol. The van der Waals surface area contributed by atoms with Crippen LogP contribution in [0, 0.1) is 0 Å². The predicted octanol–water partition coefficient (Wildman–Crippen LogP) is 2.77. The minimum atomic E-state index is -0.653. The fraction of sp³-hybridized carbons (Fsp3) is 0.167. The first-order valence-electron chi connectivity index (χ1n) is 7.50. The maximum absolute atomic E-state index is 12.0. The highest BCUT2D eigenvalue weighted by Gasteiger charge is 2.11. The second-order valence-electron chi connectivity index (χ2n) is 5.21. The molecule has 0 spiro atoms. The first-order valence-corrected chi connectivity index (χ1v) is 7.88. The summed E-state index contributed by atoms with van der Waals surface area (Å²) >= 11 is 6.00. The zero-order valence-electron chi connectivity index (χ0n) is 13.5. The second-order valence-corrected chi connectivity index (χ2v) is 5.61. The van der Waals surface area contributed by atoms with Crippen molar-refractivity contribution in [2.75, 3.05) is 11.9 Å². The monoisotopic (exact) mass is 360 g/mol. The molecular formula is C18H17ClN2O4. The largest absolute Gasteiger partial charge is 0.452 e. The molecule has 2 amide bonds. The van der Waals surface area contributed by atoms with E-state index in [1.807, 2.05) is 6.07 Å². The molecule has 0 atom stereocenters. The van der Waals surface area contributed by atoms with E-state index >= 15 is 0 Å². The quantitative estimate of drug-likeness (QED) is 0.776. The third kappa shape index (κ3) is 5.93. The SMILES string of the molecule is CC(=O)Nc1cccc(C(=O)OCC(=O)NCc2ccccc2Cl)c1. The van der Waals surface area contributed by atoms with E-state index in [1.54, 1.807) is 30.3 Å². The van der Waals surface area contributed by atoms with E-state index in [-0.39, 0.29) is 18.0 Å². The van der Waals surface area contributed by atoms with Crippen LogP contribution in [0.15, 0.2) is 48.5 Å². The minimum absolute atomic E-state index is 0.241. The zero-order valence-corrected chi connectivity index (χ0v) is 14.3. The Morgan fingerprint density at radius 2 is 1.84 bits per heavy atom. The van der Waals surface area contributed by atoms with Gasteiger partial charge in [0.25, 0.3) is 5.91 Å². The lowest BCUT2D eigenvalue weighted by atomic mass is 10.2. The summed E-state index contributed by atoms with van der Waals surface area (Å²) in [5.74, 6) is -1.34. The Labute approximate surface area is 150 Å². The van der Waals surface area contributed by atoms with E-state index in [0.29, 0.717) is 10.7 Å². The number of anilines is 1. The maximum Gasteiger partial charge on any atom is 0.338 e. The van der Waals surface area contributed by atoms with E-state index in [1.165, 1.54) is 19.1 Å². The summed E-state index contributed by atoms with van der Waals surface area (Å²) in [7, 11) is 0. The molecule has 25 heavy (non-hydrogen) atoms. The van der Waals surface area contributed by atoms with Gasteiger partial charge in [-0.1, -0.05) is 35.9 Å². The highest BCUT2D eigenvalue weighted by molar-refractivity contribution is 6.31. The van der Waals surface area contributed by atoms with Crippen LogP contribution in [-0.2, 0) is 20.9 Å². The van der Waals surface area contributed by atoms with Crippen molar-refractivity contribution in [3.63, 3.8) is 0 Å². The standard InChI is InChI=1S/C18H17ClN2O4/c1-12(22)21-15-7-4-6-13(9-15)18(24)25-11-17(23)20-10-14-5-2-3-8-16(14)19/h2-9H,10-11H2,1H3,(H,20,23)(H,21,22). The minimum Gasteiger partial charge on any atom is -0.452 e. The molecule has 130 valence electrons. The van der Waals surface area contributed by atoms with Crippen molar-refractivity contribution >= 4 is 35.1 Å². The maximum atomic E-state index is 12.0. The molecule has 2 N–H and O–H groups in total. The molecule has 2 aromatic rings.